The Bertz CT molecular complexity index is 683. The Morgan fingerprint density at radius 3 is 2.52 bits per heavy atom. The quantitative estimate of drug-likeness (QED) is 0.853. The van der Waals surface area contributed by atoms with Gasteiger partial charge in [-0.3, -0.25) is 4.79 Å². The van der Waals surface area contributed by atoms with Crippen LogP contribution in [0.3, 0.4) is 0 Å². The molecule has 1 saturated heterocycles. The van der Waals surface area contributed by atoms with Crippen LogP contribution in [0.2, 0.25) is 0 Å². The van der Waals surface area contributed by atoms with Crippen molar-refractivity contribution in [2.75, 3.05) is 13.1 Å². The molecule has 5 heteroatoms. The van der Waals surface area contributed by atoms with Crippen molar-refractivity contribution < 1.29 is 9.32 Å². The Hall–Kier alpha value is -1.75. The molecule has 0 unspecified atom stereocenters. The van der Waals surface area contributed by atoms with E-state index in [4.69, 9.17) is 4.52 Å². The molecule has 1 aliphatic rings. The van der Waals surface area contributed by atoms with Crippen LogP contribution in [-0.2, 0) is 0 Å². The van der Waals surface area contributed by atoms with Crippen molar-refractivity contribution in [2.45, 2.75) is 43.8 Å². The molecule has 0 bridgehead atoms. The monoisotopic (exact) mass is 330 g/mol. The molecule has 4 nitrogen and oxygen atoms in total. The minimum atomic E-state index is 0.0561. The smallest absolute Gasteiger partial charge is 0.259 e. The molecule has 0 N–H and O–H groups in total. The number of hydrogen-bond donors (Lipinski definition) is 0. The number of carbonyl (C=O) groups excluding carboxylic acids is 1. The summed E-state index contributed by atoms with van der Waals surface area (Å²) in [6, 6.07) is 8.50. The Balaban J connectivity index is 1.60. The third-order valence-corrected chi connectivity index (χ3v) is 5.88. The largest absolute Gasteiger partial charge is 0.361 e. The highest BCUT2D eigenvalue weighted by Crippen LogP contribution is 2.32. The van der Waals surface area contributed by atoms with Gasteiger partial charge < -0.3 is 9.42 Å². The lowest BCUT2D eigenvalue weighted by Crippen LogP contribution is -2.39. The molecule has 1 aromatic carbocycles. The molecule has 1 aliphatic heterocycles. The number of benzene rings is 1. The normalized spacial score (nSPS) is 15.9. The van der Waals surface area contributed by atoms with Crippen LogP contribution < -0.4 is 0 Å². The van der Waals surface area contributed by atoms with Gasteiger partial charge in [-0.25, -0.2) is 0 Å². The molecular formula is C18H22N2O2S. The Kier molecular flexibility index (Phi) is 4.76. The predicted molar refractivity (Wildman–Crippen MR) is 91.9 cm³/mol. The first-order valence-electron chi connectivity index (χ1n) is 8.00. The van der Waals surface area contributed by atoms with Gasteiger partial charge in [0.25, 0.3) is 5.91 Å². The first kappa shape index (κ1) is 16.1. The molecule has 1 aromatic heterocycles. The lowest BCUT2D eigenvalue weighted by molar-refractivity contribution is 0.0725. The van der Waals surface area contributed by atoms with Crippen LogP contribution in [0.5, 0.6) is 0 Å². The standard InChI is InChI=1S/C18H22N2O2S/c1-12-6-4-5-7-16(12)23-15-8-10-20(11-9-15)18(21)17-13(2)19-22-14(17)3/h4-7,15H,8-11H2,1-3H3. The summed E-state index contributed by atoms with van der Waals surface area (Å²) >= 11 is 1.94. The van der Waals surface area contributed by atoms with Gasteiger partial charge in [0.15, 0.2) is 0 Å². The first-order valence-corrected chi connectivity index (χ1v) is 8.88. The number of hydrogen-bond acceptors (Lipinski definition) is 4. The molecule has 0 aliphatic carbocycles. The van der Waals surface area contributed by atoms with E-state index in [0.717, 1.165) is 25.9 Å². The highest BCUT2D eigenvalue weighted by atomic mass is 32.2. The molecule has 2 aromatic rings. The molecule has 0 saturated carbocycles. The van der Waals surface area contributed by atoms with Gasteiger partial charge in [-0.15, -0.1) is 11.8 Å². The molecule has 3 rings (SSSR count). The van der Waals surface area contributed by atoms with E-state index in [1.807, 2.05) is 23.6 Å². The number of aryl methyl sites for hydroxylation is 3. The number of aromatic nitrogens is 1. The fraction of sp³-hybridized carbons (Fsp3) is 0.444. The van der Waals surface area contributed by atoms with Gasteiger partial charge in [-0.05, 0) is 45.2 Å². The van der Waals surface area contributed by atoms with E-state index in [9.17, 15) is 4.79 Å². The van der Waals surface area contributed by atoms with E-state index in [-0.39, 0.29) is 5.91 Å². The fourth-order valence-electron chi connectivity index (χ4n) is 2.99. The number of carbonyl (C=O) groups is 1. The first-order chi connectivity index (χ1) is 11.1. The van der Waals surface area contributed by atoms with Crippen LogP contribution in [0.1, 0.15) is 40.2 Å². The van der Waals surface area contributed by atoms with Crippen molar-refractivity contribution in [3.05, 3.63) is 46.8 Å². The van der Waals surface area contributed by atoms with Gasteiger partial charge in [-0.1, -0.05) is 23.4 Å². The van der Waals surface area contributed by atoms with Gasteiger partial charge in [-0.2, -0.15) is 0 Å². The van der Waals surface area contributed by atoms with Crippen molar-refractivity contribution >= 4 is 17.7 Å². The lowest BCUT2D eigenvalue weighted by Gasteiger charge is -2.31. The van der Waals surface area contributed by atoms with Crippen LogP contribution in [0.25, 0.3) is 0 Å². The SMILES string of the molecule is Cc1ccccc1SC1CCN(C(=O)c2c(C)noc2C)CC1. The van der Waals surface area contributed by atoms with Crippen LogP contribution in [0.4, 0.5) is 0 Å². The third kappa shape index (κ3) is 3.44. The van der Waals surface area contributed by atoms with Crippen LogP contribution in [0, 0.1) is 20.8 Å². The summed E-state index contributed by atoms with van der Waals surface area (Å²) in [5.74, 6) is 0.671. The summed E-state index contributed by atoms with van der Waals surface area (Å²) in [5.41, 5.74) is 2.64. The molecule has 1 amide bonds. The Labute approximate surface area is 141 Å². The summed E-state index contributed by atoms with van der Waals surface area (Å²) in [4.78, 5) is 15.9. The maximum absolute atomic E-state index is 12.6. The third-order valence-electron chi connectivity index (χ3n) is 4.36. The summed E-state index contributed by atoms with van der Waals surface area (Å²) < 4.78 is 5.12. The van der Waals surface area contributed by atoms with Crippen molar-refractivity contribution in [3.8, 4) is 0 Å². The van der Waals surface area contributed by atoms with Gasteiger partial charge >= 0.3 is 0 Å². The molecule has 122 valence electrons. The average Bonchev–Trinajstić information content (AvgIpc) is 2.88. The predicted octanol–water partition coefficient (Wildman–Crippen LogP) is 4.00. The van der Waals surface area contributed by atoms with Crippen LogP contribution in [0.15, 0.2) is 33.7 Å². The highest BCUT2D eigenvalue weighted by molar-refractivity contribution is 8.00. The second kappa shape index (κ2) is 6.79. The van der Waals surface area contributed by atoms with Crippen molar-refractivity contribution in [1.29, 1.82) is 0 Å². The number of amides is 1. The lowest BCUT2D eigenvalue weighted by atomic mass is 10.1. The number of piperidine rings is 1. The zero-order chi connectivity index (χ0) is 16.4. The van der Waals surface area contributed by atoms with Gasteiger partial charge in [0.1, 0.15) is 11.3 Å². The van der Waals surface area contributed by atoms with Crippen LogP contribution >= 0.6 is 11.8 Å². The Morgan fingerprint density at radius 1 is 1.22 bits per heavy atom. The van der Waals surface area contributed by atoms with E-state index in [2.05, 4.69) is 36.3 Å². The summed E-state index contributed by atoms with van der Waals surface area (Å²) in [7, 11) is 0. The van der Waals surface area contributed by atoms with E-state index >= 15 is 0 Å². The molecule has 2 heterocycles. The van der Waals surface area contributed by atoms with Gasteiger partial charge in [0.05, 0.1) is 5.69 Å². The topological polar surface area (TPSA) is 46.3 Å². The second-order valence-corrected chi connectivity index (χ2v) is 7.42. The summed E-state index contributed by atoms with van der Waals surface area (Å²) in [6.45, 7) is 7.37. The van der Waals surface area contributed by atoms with E-state index in [0.29, 0.717) is 22.3 Å². The molecule has 23 heavy (non-hydrogen) atoms. The zero-order valence-corrected chi connectivity index (χ0v) is 14.7. The molecule has 0 spiro atoms. The minimum Gasteiger partial charge on any atom is -0.361 e. The second-order valence-electron chi connectivity index (χ2n) is 6.07. The highest BCUT2D eigenvalue weighted by Gasteiger charge is 2.28. The molecule has 1 fully saturated rings. The van der Waals surface area contributed by atoms with Gasteiger partial charge in [0, 0.05) is 23.2 Å². The molecule has 0 radical (unpaired) electrons. The number of rotatable bonds is 3. The number of thioether (sulfide) groups is 1. The van der Waals surface area contributed by atoms with E-state index in [1.165, 1.54) is 10.5 Å². The zero-order valence-electron chi connectivity index (χ0n) is 13.8. The van der Waals surface area contributed by atoms with Crippen molar-refractivity contribution in [1.82, 2.24) is 10.1 Å². The molecule has 0 atom stereocenters. The van der Waals surface area contributed by atoms with Crippen molar-refractivity contribution in [2.24, 2.45) is 0 Å². The Morgan fingerprint density at radius 2 is 1.91 bits per heavy atom. The molecular weight excluding hydrogens is 308 g/mol. The van der Waals surface area contributed by atoms with Gasteiger partial charge in [0.2, 0.25) is 0 Å². The van der Waals surface area contributed by atoms with E-state index in [1.54, 1.807) is 6.92 Å². The maximum Gasteiger partial charge on any atom is 0.259 e. The number of nitrogens with zero attached hydrogens (tertiary/aromatic N) is 2. The average molecular weight is 330 g/mol. The van der Waals surface area contributed by atoms with Crippen molar-refractivity contribution in [3.63, 3.8) is 0 Å². The minimum absolute atomic E-state index is 0.0561. The fourth-order valence-corrected chi connectivity index (χ4v) is 4.21. The number of likely N-dealkylation sites (tertiary alicyclic amines) is 1. The summed E-state index contributed by atoms with van der Waals surface area (Å²) in [6.07, 6.45) is 2.04. The van der Waals surface area contributed by atoms with Crippen LogP contribution in [-0.4, -0.2) is 34.3 Å². The summed E-state index contributed by atoms with van der Waals surface area (Å²) in [5, 5.41) is 4.46. The maximum atomic E-state index is 12.6. The van der Waals surface area contributed by atoms with E-state index < -0.39 is 0 Å².